The lowest BCUT2D eigenvalue weighted by molar-refractivity contribution is -0.144. The molecule has 0 radical (unpaired) electrons. The fourth-order valence-electron chi connectivity index (χ4n) is 2.68. The Morgan fingerprint density at radius 2 is 1.62 bits per heavy atom. The molecule has 0 spiro atoms. The van der Waals surface area contributed by atoms with Gasteiger partial charge in [-0.3, -0.25) is 4.79 Å². The van der Waals surface area contributed by atoms with Crippen LogP contribution in [-0.4, -0.2) is 25.0 Å². The first-order chi connectivity index (χ1) is 12.5. The fourth-order valence-corrected chi connectivity index (χ4v) is 2.68. The first-order valence-corrected chi connectivity index (χ1v) is 8.41. The van der Waals surface area contributed by atoms with Gasteiger partial charge in [0.25, 0.3) is 0 Å². The van der Waals surface area contributed by atoms with Gasteiger partial charge in [0.1, 0.15) is 5.75 Å². The van der Waals surface area contributed by atoms with Crippen molar-refractivity contribution in [3.05, 3.63) is 77.4 Å². The average Bonchev–Trinajstić information content (AvgIpc) is 2.66. The van der Waals surface area contributed by atoms with Gasteiger partial charge in [0.05, 0.1) is 0 Å². The maximum Gasteiger partial charge on any atom is 0.344 e. The number of rotatable bonds is 6. The topological polar surface area (TPSA) is 52.6 Å². The molecule has 0 saturated carbocycles. The Kier molecular flexibility index (Phi) is 5.32. The molecule has 0 aliphatic carbocycles. The van der Waals surface area contributed by atoms with Crippen LogP contribution in [-0.2, 0) is 9.53 Å². The predicted molar refractivity (Wildman–Crippen MR) is 101 cm³/mol. The molecular formula is C22H20O4. The van der Waals surface area contributed by atoms with Crippen LogP contribution in [0.5, 0.6) is 5.75 Å². The van der Waals surface area contributed by atoms with E-state index in [9.17, 15) is 9.59 Å². The normalized spacial score (nSPS) is 10.5. The van der Waals surface area contributed by atoms with Crippen molar-refractivity contribution in [1.82, 2.24) is 0 Å². The van der Waals surface area contributed by atoms with Crippen LogP contribution in [0.25, 0.3) is 10.8 Å². The summed E-state index contributed by atoms with van der Waals surface area (Å²) in [6, 6.07) is 18.7. The molecule has 0 N–H and O–H groups in total. The Bertz CT molecular complexity index is 954. The first-order valence-electron chi connectivity index (χ1n) is 8.41. The van der Waals surface area contributed by atoms with Crippen LogP contribution in [0.4, 0.5) is 0 Å². The third kappa shape index (κ3) is 4.09. The second-order valence-electron chi connectivity index (χ2n) is 6.15. The number of benzene rings is 3. The lowest BCUT2D eigenvalue weighted by atomic mass is 10.0. The van der Waals surface area contributed by atoms with Crippen LogP contribution in [0.1, 0.15) is 21.5 Å². The predicted octanol–water partition coefficient (Wildman–Crippen LogP) is 4.26. The van der Waals surface area contributed by atoms with Gasteiger partial charge in [0.2, 0.25) is 5.78 Å². The highest BCUT2D eigenvalue weighted by atomic mass is 16.6. The minimum atomic E-state index is -0.572. The largest absolute Gasteiger partial charge is 0.482 e. The van der Waals surface area contributed by atoms with E-state index in [1.54, 1.807) is 12.1 Å². The van der Waals surface area contributed by atoms with Gasteiger partial charge in [-0.05, 0) is 47.9 Å². The molecule has 3 rings (SSSR count). The molecule has 0 atom stereocenters. The van der Waals surface area contributed by atoms with E-state index in [0.29, 0.717) is 11.3 Å². The highest BCUT2D eigenvalue weighted by molar-refractivity contribution is 6.09. The number of esters is 1. The molecule has 0 aromatic heterocycles. The molecule has 0 heterocycles. The summed E-state index contributed by atoms with van der Waals surface area (Å²) < 4.78 is 10.5. The molecule has 0 aliphatic heterocycles. The van der Waals surface area contributed by atoms with Crippen LogP contribution in [0.3, 0.4) is 0 Å². The van der Waals surface area contributed by atoms with Crippen molar-refractivity contribution in [2.75, 3.05) is 13.2 Å². The van der Waals surface area contributed by atoms with Gasteiger partial charge >= 0.3 is 5.97 Å². The molecule has 0 unspecified atom stereocenters. The third-order valence-electron chi connectivity index (χ3n) is 4.29. The standard InChI is InChI=1S/C22H20O4/c1-15-10-11-18(12-16(15)2)25-14-22(24)26-13-21(23)20-9-5-7-17-6-3-4-8-19(17)20/h3-12H,13-14H2,1-2H3. The average molecular weight is 348 g/mol. The van der Waals surface area contributed by atoms with E-state index >= 15 is 0 Å². The Morgan fingerprint density at radius 3 is 2.42 bits per heavy atom. The maximum atomic E-state index is 12.4. The number of ether oxygens (including phenoxy) is 2. The highest BCUT2D eigenvalue weighted by Gasteiger charge is 2.13. The van der Waals surface area contributed by atoms with Crippen molar-refractivity contribution in [3.63, 3.8) is 0 Å². The summed E-state index contributed by atoms with van der Waals surface area (Å²) in [5.74, 6) is -0.205. The van der Waals surface area contributed by atoms with Crippen molar-refractivity contribution in [3.8, 4) is 5.75 Å². The minimum Gasteiger partial charge on any atom is -0.482 e. The van der Waals surface area contributed by atoms with Crippen molar-refractivity contribution >= 4 is 22.5 Å². The van der Waals surface area contributed by atoms with E-state index in [1.807, 2.05) is 62.4 Å². The van der Waals surface area contributed by atoms with Crippen LogP contribution in [0.2, 0.25) is 0 Å². The van der Waals surface area contributed by atoms with Gasteiger partial charge in [0.15, 0.2) is 13.2 Å². The van der Waals surface area contributed by atoms with E-state index < -0.39 is 5.97 Å². The Labute approximate surface area is 152 Å². The number of ketones is 1. The molecule has 0 aliphatic rings. The second kappa shape index (κ2) is 7.83. The van der Waals surface area contributed by atoms with E-state index in [0.717, 1.165) is 21.9 Å². The van der Waals surface area contributed by atoms with Gasteiger partial charge < -0.3 is 9.47 Å². The number of hydrogen-bond acceptors (Lipinski definition) is 4. The summed E-state index contributed by atoms with van der Waals surface area (Å²) in [6.45, 7) is 3.45. The Hall–Kier alpha value is -3.14. The third-order valence-corrected chi connectivity index (χ3v) is 4.29. The van der Waals surface area contributed by atoms with E-state index in [2.05, 4.69) is 0 Å². The maximum absolute atomic E-state index is 12.4. The van der Waals surface area contributed by atoms with Gasteiger partial charge in [0, 0.05) is 5.56 Å². The van der Waals surface area contributed by atoms with Crippen molar-refractivity contribution in [2.24, 2.45) is 0 Å². The molecule has 0 saturated heterocycles. The summed E-state index contributed by atoms with van der Waals surface area (Å²) in [4.78, 5) is 24.3. The molecule has 4 nitrogen and oxygen atoms in total. The van der Waals surface area contributed by atoms with Crippen LogP contribution in [0, 0.1) is 13.8 Å². The summed E-state index contributed by atoms with van der Waals surface area (Å²) in [5, 5.41) is 1.82. The number of carbonyl (C=O) groups excluding carboxylic acids is 2. The van der Waals surface area contributed by atoms with E-state index in [1.165, 1.54) is 0 Å². The van der Waals surface area contributed by atoms with Crippen LogP contribution >= 0.6 is 0 Å². The number of fused-ring (bicyclic) bond motifs is 1. The lowest BCUT2D eigenvalue weighted by Gasteiger charge is -2.09. The van der Waals surface area contributed by atoms with Crippen molar-refractivity contribution < 1.29 is 19.1 Å². The highest BCUT2D eigenvalue weighted by Crippen LogP contribution is 2.19. The Morgan fingerprint density at radius 1 is 0.846 bits per heavy atom. The monoisotopic (exact) mass is 348 g/mol. The second-order valence-corrected chi connectivity index (χ2v) is 6.15. The zero-order chi connectivity index (χ0) is 18.5. The SMILES string of the molecule is Cc1ccc(OCC(=O)OCC(=O)c2cccc3ccccc23)cc1C. The smallest absolute Gasteiger partial charge is 0.344 e. The van der Waals surface area contributed by atoms with Crippen molar-refractivity contribution in [2.45, 2.75) is 13.8 Å². The number of carbonyl (C=O) groups is 2. The zero-order valence-corrected chi connectivity index (χ0v) is 14.8. The van der Waals surface area contributed by atoms with Crippen LogP contribution in [0.15, 0.2) is 60.7 Å². The van der Waals surface area contributed by atoms with Crippen LogP contribution < -0.4 is 4.74 Å². The van der Waals surface area contributed by atoms with E-state index in [-0.39, 0.29) is 19.0 Å². The minimum absolute atomic E-state index is 0.231. The molecular weight excluding hydrogens is 328 g/mol. The summed E-state index contributed by atoms with van der Waals surface area (Å²) in [6.07, 6.45) is 0. The molecule has 3 aromatic carbocycles. The van der Waals surface area contributed by atoms with E-state index in [4.69, 9.17) is 9.47 Å². The van der Waals surface area contributed by atoms with Crippen molar-refractivity contribution in [1.29, 1.82) is 0 Å². The summed E-state index contributed by atoms with van der Waals surface area (Å²) >= 11 is 0. The number of aryl methyl sites for hydroxylation is 2. The number of Topliss-reactive ketones (excluding diaryl/α,β-unsaturated/α-hetero) is 1. The lowest BCUT2D eigenvalue weighted by Crippen LogP contribution is -2.19. The van der Waals surface area contributed by atoms with Gasteiger partial charge in [-0.1, -0.05) is 48.5 Å². The first kappa shape index (κ1) is 17.7. The summed E-state index contributed by atoms with van der Waals surface area (Å²) in [7, 11) is 0. The number of hydrogen-bond donors (Lipinski definition) is 0. The summed E-state index contributed by atoms with van der Waals surface area (Å²) in [5.41, 5.74) is 2.79. The molecule has 0 bridgehead atoms. The fraction of sp³-hybridized carbons (Fsp3) is 0.182. The molecule has 26 heavy (non-hydrogen) atoms. The molecule has 0 amide bonds. The van der Waals surface area contributed by atoms with Gasteiger partial charge in [-0.25, -0.2) is 4.79 Å². The van der Waals surface area contributed by atoms with Gasteiger partial charge in [-0.2, -0.15) is 0 Å². The Balaban J connectivity index is 1.57. The quantitative estimate of drug-likeness (QED) is 0.493. The molecule has 4 heteroatoms. The van der Waals surface area contributed by atoms with Gasteiger partial charge in [-0.15, -0.1) is 0 Å². The molecule has 132 valence electrons. The molecule has 0 fully saturated rings. The molecule has 3 aromatic rings. The zero-order valence-electron chi connectivity index (χ0n) is 14.8.